The molecule has 0 saturated heterocycles. The molecule has 2 N–H and O–H groups in total. The number of methoxy groups -OCH3 is 1. The van der Waals surface area contributed by atoms with E-state index in [1.165, 1.54) is 18.2 Å². The number of amides is 2. The highest BCUT2D eigenvalue weighted by molar-refractivity contribution is 5.84. The highest BCUT2D eigenvalue weighted by Crippen LogP contribution is 2.23. The van der Waals surface area contributed by atoms with Crippen LogP contribution in [0, 0.1) is 5.92 Å². The summed E-state index contributed by atoms with van der Waals surface area (Å²) in [6, 6.07) is 9.16. The maximum Gasteiger partial charge on any atom is 0.328 e. The van der Waals surface area contributed by atoms with Gasteiger partial charge in [-0.2, -0.15) is 0 Å². The lowest BCUT2D eigenvalue weighted by Gasteiger charge is -2.29. The second-order valence-corrected chi connectivity index (χ2v) is 8.06. The Kier molecular flexibility index (Phi) is 11.0. The predicted molar refractivity (Wildman–Crippen MR) is 134 cm³/mol. The van der Waals surface area contributed by atoms with Crippen LogP contribution in [-0.2, 0) is 9.53 Å². The van der Waals surface area contributed by atoms with Crippen molar-refractivity contribution < 1.29 is 14.3 Å². The highest BCUT2D eigenvalue weighted by atomic mass is 16.5. The van der Waals surface area contributed by atoms with E-state index in [1.54, 1.807) is 11.0 Å². The van der Waals surface area contributed by atoms with E-state index in [4.69, 9.17) is 4.74 Å². The number of benzene rings is 1. The summed E-state index contributed by atoms with van der Waals surface area (Å²) in [5.74, 6) is -0.347. The standard InChI is InChI=1S/C27H37N3O3/c1-5-7-11-21(3)24(20-28-16-6-2)19-25(26(31)33-4)29-27(32)30-17-14-23(15-18-30)22-12-9-8-10-13-22/h6-14,20-21,25,28H,2,5,15-19H2,1,3-4H3,(H,29,32)/b11-7-,24-20-. The van der Waals surface area contributed by atoms with Crippen LogP contribution in [-0.4, -0.2) is 49.7 Å². The molecule has 1 aliphatic rings. The monoisotopic (exact) mass is 451 g/mol. The molecule has 178 valence electrons. The quantitative estimate of drug-likeness (QED) is 0.291. The van der Waals surface area contributed by atoms with Gasteiger partial charge in [0.25, 0.3) is 0 Å². The van der Waals surface area contributed by atoms with Crippen LogP contribution >= 0.6 is 0 Å². The van der Waals surface area contributed by atoms with Crippen molar-refractivity contribution in [1.82, 2.24) is 15.5 Å². The van der Waals surface area contributed by atoms with Crippen LogP contribution in [0.2, 0.25) is 0 Å². The molecule has 1 aromatic carbocycles. The molecule has 2 amide bonds. The van der Waals surface area contributed by atoms with Crippen molar-refractivity contribution in [3.8, 4) is 0 Å². The van der Waals surface area contributed by atoms with Gasteiger partial charge in [-0.15, -0.1) is 6.58 Å². The van der Waals surface area contributed by atoms with Crippen LogP contribution in [0.25, 0.3) is 5.57 Å². The molecule has 2 atom stereocenters. The van der Waals surface area contributed by atoms with Crippen molar-refractivity contribution in [2.75, 3.05) is 26.7 Å². The SMILES string of the molecule is C=CCN/C=C(/CC(NC(=O)N1CC=C(c2ccccc2)CC1)C(=O)OC)C(C)/C=C\CC. The maximum absolute atomic E-state index is 13.0. The van der Waals surface area contributed by atoms with E-state index in [9.17, 15) is 9.59 Å². The Morgan fingerprint density at radius 1 is 1.27 bits per heavy atom. The molecule has 0 radical (unpaired) electrons. The molecule has 6 nitrogen and oxygen atoms in total. The molecule has 33 heavy (non-hydrogen) atoms. The number of nitrogens with zero attached hydrogens (tertiary/aromatic N) is 1. The van der Waals surface area contributed by atoms with E-state index < -0.39 is 12.0 Å². The fourth-order valence-corrected chi connectivity index (χ4v) is 3.69. The van der Waals surface area contributed by atoms with Gasteiger partial charge in [-0.1, -0.05) is 68.5 Å². The first-order chi connectivity index (χ1) is 16.0. The van der Waals surface area contributed by atoms with Gasteiger partial charge in [-0.25, -0.2) is 9.59 Å². The van der Waals surface area contributed by atoms with Crippen LogP contribution in [0.1, 0.15) is 38.7 Å². The third-order valence-electron chi connectivity index (χ3n) is 5.66. The third-order valence-corrected chi connectivity index (χ3v) is 5.66. The fourth-order valence-electron chi connectivity index (χ4n) is 3.69. The fraction of sp³-hybridized carbons (Fsp3) is 0.407. The average molecular weight is 452 g/mol. The van der Waals surface area contributed by atoms with Crippen LogP contribution in [0.15, 0.2) is 73.0 Å². The summed E-state index contributed by atoms with van der Waals surface area (Å²) in [6.45, 7) is 9.59. The smallest absolute Gasteiger partial charge is 0.328 e. The largest absolute Gasteiger partial charge is 0.467 e. The molecule has 1 heterocycles. The number of esters is 1. The van der Waals surface area contributed by atoms with Gasteiger partial charge in [0.05, 0.1) is 7.11 Å². The molecule has 0 aromatic heterocycles. The second-order valence-electron chi connectivity index (χ2n) is 8.06. The first kappa shape index (κ1) is 26.0. The Balaban J connectivity index is 2.09. The predicted octanol–water partition coefficient (Wildman–Crippen LogP) is 4.68. The number of carbonyl (C=O) groups excluding carboxylic acids is 2. The minimum Gasteiger partial charge on any atom is -0.467 e. The third kappa shape index (κ3) is 8.29. The van der Waals surface area contributed by atoms with E-state index in [0.717, 1.165) is 18.4 Å². The number of nitrogens with one attached hydrogen (secondary N) is 2. The summed E-state index contributed by atoms with van der Waals surface area (Å²) < 4.78 is 5.00. The number of rotatable bonds is 11. The average Bonchev–Trinajstić information content (AvgIpc) is 2.86. The molecule has 1 aromatic rings. The Bertz CT molecular complexity index is 874. The molecule has 0 fully saturated rings. The minimum atomic E-state index is -0.767. The molecule has 1 aliphatic heterocycles. The zero-order valence-corrected chi connectivity index (χ0v) is 20.0. The molecular weight excluding hydrogens is 414 g/mol. The summed E-state index contributed by atoms with van der Waals surface area (Å²) in [5, 5.41) is 6.09. The number of hydrogen-bond acceptors (Lipinski definition) is 4. The molecule has 2 rings (SSSR count). The van der Waals surface area contributed by atoms with Crippen molar-refractivity contribution in [2.45, 2.75) is 39.2 Å². The minimum absolute atomic E-state index is 0.109. The number of carbonyl (C=O) groups is 2. The van der Waals surface area contributed by atoms with Gasteiger partial charge in [0, 0.05) is 26.1 Å². The topological polar surface area (TPSA) is 70.7 Å². The van der Waals surface area contributed by atoms with E-state index in [-0.39, 0.29) is 11.9 Å². The lowest BCUT2D eigenvalue weighted by atomic mass is 9.94. The van der Waals surface area contributed by atoms with Crippen LogP contribution in [0.3, 0.4) is 0 Å². The first-order valence-electron chi connectivity index (χ1n) is 11.6. The lowest BCUT2D eigenvalue weighted by molar-refractivity contribution is -0.142. The van der Waals surface area contributed by atoms with Crippen molar-refractivity contribution in [3.63, 3.8) is 0 Å². The maximum atomic E-state index is 13.0. The molecular formula is C27H37N3O3. The van der Waals surface area contributed by atoms with Gasteiger partial charge in [0.1, 0.15) is 6.04 Å². The molecule has 0 saturated carbocycles. The van der Waals surface area contributed by atoms with Crippen LogP contribution in [0.5, 0.6) is 0 Å². The second kappa shape index (κ2) is 14.0. The van der Waals surface area contributed by atoms with Crippen molar-refractivity contribution in [1.29, 1.82) is 0 Å². The van der Waals surface area contributed by atoms with Gasteiger partial charge >= 0.3 is 12.0 Å². The Labute approximate surface area is 198 Å². The van der Waals surface area contributed by atoms with E-state index >= 15 is 0 Å². The summed E-state index contributed by atoms with van der Waals surface area (Å²) in [5.41, 5.74) is 3.42. The summed E-state index contributed by atoms with van der Waals surface area (Å²) in [4.78, 5) is 27.2. The lowest BCUT2D eigenvalue weighted by Crippen LogP contribution is -2.49. The molecule has 0 spiro atoms. The van der Waals surface area contributed by atoms with E-state index in [0.29, 0.717) is 26.1 Å². The number of urea groups is 1. The zero-order valence-electron chi connectivity index (χ0n) is 20.0. The van der Waals surface area contributed by atoms with E-state index in [2.05, 4.69) is 61.4 Å². The van der Waals surface area contributed by atoms with Crippen molar-refractivity contribution in [3.05, 3.63) is 78.6 Å². The summed E-state index contributed by atoms with van der Waals surface area (Å²) >= 11 is 0. The number of ether oxygens (including phenoxy) is 1. The van der Waals surface area contributed by atoms with Gasteiger partial charge in [-0.05, 0) is 41.7 Å². The van der Waals surface area contributed by atoms with Crippen molar-refractivity contribution >= 4 is 17.6 Å². The van der Waals surface area contributed by atoms with Gasteiger partial charge in [0.2, 0.25) is 0 Å². The zero-order chi connectivity index (χ0) is 24.1. The Morgan fingerprint density at radius 2 is 2.03 bits per heavy atom. The summed E-state index contributed by atoms with van der Waals surface area (Å²) in [6.07, 6.45) is 12.0. The van der Waals surface area contributed by atoms with E-state index in [1.807, 2.05) is 24.4 Å². The van der Waals surface area contributed by atoms with Gasteiger partial charge in [-0.3, -0.25) is 0 Å². The normalized spacial score (nSPS) is 16.0. The van der Waals surface area contributed by atoms with Crippen LogP contribution in [0.4, 0.5) is 4.79 Å². The Morgan fingerprint density at radius 3 is 2.64 bits per heavy atom. The molecule has 0 bridgehead atoms. The van der Waals surface area contributed by atoms with Crippen LogP contribution < -0.4 is 10.6 Å². The van der Waals surface area contributed by atoms with Gasteiger partial charge < -0.3 is 20.3 Å². The van der Waals surface area contributed by atoms with Gasteiger partial charge in [0.15, 0.2) is 0 Å². The Hall–Kier alpha value is -3.28. The van der Waals surface area contributed by atoms with Crippen molar-refractivity contribution in [2.24, 2.45) is 5.92 Å². The number of hydrogen-bond donors (Lipinski definition) is 2. The summed E-state index contributed by atoms with van der Waals surface area (Å²) in [7, 11) is 1.34. The first-order valence-corrected chi connectivity index (χ1v) is 11.6. The number of allylic oxidation sites excluding steroid dienone is 2. The molecule has 6 heteroatoms. The molecule has 0 aliphatic carbocycles. The molecule has 2 unspecified atom stereocenters. The highest BCUT2D eigenvalue weighted by Gasteiger charge is 2.27.